The fourth-order valence-corrected chi connectivity index (χ4v) is 0.543. The molecule has 0 unspecified atom stereocenters. The Morgan fingerprint density at radius 2 is 2.56 bits per heavy atom. The molecule has 1 aliphatic heterocycles. The van der Waals surface area contributed by atoms with E-state index in [0.29, 0.717) is 6.54 Å². The molecule has 1 heterocycles. The molecular formula is C5H7N2O2+. The molecule has 4 nitrogen and oxygen atoms in total. The number of hydrogen-bond donors (Lipinski definition) is 1. The molecule has 0 aromatic carbocycles. The molecule has 0 bridgehead atoms. The summed E-state index contributed by atoms with van der Waals surface area (Å²) in [5.41, 5.74) is 0. The molecule has 0 aliphatic carbocycles. The van der Waals surface area contributed by atoms with Crippen molar-refractivity contribution in [2.75, 3.05) is 6.54 Å². The number of carbonyl (C=O) groups excluding carboxylic acids is 1. The van der Waals surface area contributed by atoms with Crippen LogP contribution in [0.2, 0.25) is 0 Å². The number of hydroxylamine groups is 1. The van der Waals surface area contributed by atoms with Crippen molar-refractivity contribution in [3.63, 3.8) is 0 Å². The highest BCUT2D eigenvalue weighted by Crippen LogP contribution is 1.86. The van der Waals surface area contributed by atoms with E-state index < -0.39 is 0 Å². The summed E-state index contributed by atoms with van der Waals surface area (Å²) < 4.78 is 0.939. The maximum absolute atomic E-state index is 10.5. The number of rotatable bonds is 0. The minimum Gasteiger partial charge on any atom is -0.291 e. The van der Waals surface area contributed by atoms with Crippen LogP contribution < -0.4 is 0 Å². The predicted molar refractivity (Wildman–Crippen MR) is 31.1 cm³/mol. The molecule has 0 atom stereocenters. The van der Waals surface area contributed by atoms with Gasteiger partial charge in [-0.25, -0.2) is 4.99 Å². The van der Waals surface area contributed by atoms with Crippen molar-refractivity contribution in [2.45, 2.75) is 6.42 Å². The Labute approximate surface area is 52.1 Å². The van der Waals surface area contributed by atoms with Crippen LogP contribution in [0.3, 0.4) is 0 Å². The monoisotopic (exact) mass is 127 g/mol. The smallest absolute Gasteiger partial charge is 0.252 e. The molecule has 4 heteroatoms. The topological polar surface area (TPSA) is 52.7 Å². The van der Waals surface area contributed by atoms with Gasteiger partial charge in [-0.1, -0.05) is 0 Å². The first-order chi connectivity index (χ1) is 4.29. The molecule has 1 aliphatic rings. The van der Waals surface area contributed by atoms with Gasteiger partial charge in [0.1, 0.15) is 0 Å². The van der Waals surface area contributed by atoms with Crippen LogP contribution in [0.15, 0.2) is 4.99 Å². The standard InChI is InChI=1S/C5H7N2O2/c8-5-1-3-7(9)4-2-6-5/h2,4,9H,1,3H2/q+1. The first kappa shape index (κ1) is 5.94. The third-order valence-electron chi connectivity index (χ3n) is 1.01. The maximum atomic E-state index is 10.5. The van der Waals surface area contributed by atoms with Gasteiger partial charge in [0.25, 0.3) is 5.91 Å². The van der Waals surface area contributed by atoms with Crippen LogP contribution in [0, 0.1) is 0 Å². The third kappa shape index (κ3) is 1.64. The van der Waals surface area contributed by atoms with E-state index in [1.807, 2.05) is 0 Å². The molecule has 48 valence electrons. The second kappa shape index (κ2) is 2.39. The second-order valence-corrected chi connectivity index (χ2v) is 1.73. The van der Waals surface area contributed by atoms with Crippen LogP contribution in [0.25, 0.3) is 0 Å². The Kier molecular flexibility index (Phi) is 1.58. The normalized spacial score (nSPS) is 19.1. The quantitative estimate of drug-likeness (QED) is 0.351. The minimum atomic E-state index is -0.192. The second-order valence-electron chi connectivity index (χ2n) is 1.73. The highest BCUT2D eigenvalue weighted by atomic mass is 16.5. The first-order valence-corrected chi connectivity index (χ1v) is 2.65. The van der Waals surface area contributed by atoms with E-state index in [2.05, 4.69) is 4.99 Å². The zero-order chi connectivity index (χ0) is 6.69. The summed E-state index contributed by atoms with van der Waals surface area (Å²) in [6.45, 7) is 0.332. The summed E-state index contributed by atoms with van der Waals surface area (Å²) in [7, 11) is 0. The Bertz CT molecular complexity index is 183. The van der Waals surface area contributed by atoms with Gasteiger partial charge in [0.05, 0.1) is 12.6 Å². The van der Waals surface area contributed by atoms with Crippen molar-refractivity contribution in [3.05, 3.63) is 0 Å². The molecule has 0 fully saturated rings. The Morgan fingerprint density at radius 3 is 3.33 bits per heavy atom. The number of nitrogens with zero attached hydrogens (tertiary/aromatic N) is 2. The summed E-state index contributed by atoms with van der Waals surface area (Å²) >= 11 is 0. The Balaban J connectivity index is 2.65. The highest BCUT2D eigenvalue weighted by Gasteiger charge is 2.08. The van der Waals surface area contributed by atoms with Gasteiger partial charge in [-0.2, -0.15) is 0 Å². The lowest BCUT2D eigenvalue weighted by Gasteiger charge is -1.83. The Hall–Kier alpha value is -1.19. The van der Waals surface area contributed by atoms with Crippen LogP contribution in [0.1, 0.15) is 6.42 Å². The SMILES string of the molecule is O=C1CC[N+](O)=CC=N1. The zero-order valence-corrected chi connectivity index (χ0v) is 4.82. The molecule has 0 saturated carbocycles. The van der Waals surface area contributed by atoms with Crippen molar-refractivity contribution in [3.8, 4) is 0 Å². The number of amides is 1. The molecule has 0 spiro atoms. The number of aliphatic imine (C=N–C) groups is 1. The zero-order valence-electron chi connectivity index (χ0n) is 4.82. The number of hydrogen-bond acceptors (Lipinski definition) is 2. The van der Waals surface area contributed by atoms with Crippen LogP contribution in [-0.4, -0.2) is 34.8 Å². The lowest BCUT2D eigenvalue weighted by molar-refractivity contribution is -0.769. The van der Waals surface area contributed by atoms with E-state index in [1.165, 1.54) is 12.4 Å². The van der Waals surface area contributed by atoms with Crippen molar-refractivity contribution in [1.29, 1.82) is 0 Å². The molecular weight excluding hydrogens is 120 g/mol. The molecule has 0 radical (unpaired) electrons. The molecule has 1 amide bonds. The van der Waals surface area contributed by atoms with E-state index in [9.17, 15) is 4.79 Å². The molecule has 0 saturated heterocycles. The summed E-state index contributed by atoms with van der Waals surface area (Å²) in [5, 5.41) is 8.74. The molecule has 1 rings (SSSR count). The van der Waals surface area contributed by atoms with Crippen LogP contribution in [0.5, 0.6) is 0 Å². The van der Waals surface area contributed by atoms with Gasteiger partial charge >= 0.3 is 0 Å². The molecule has 0 aromatic rings. The van der Waals surface area contributed by atoms with Crippen LogP contribution >= 0.6 is 0 Å². The maximum Gasteiger partial charge on any atom is 0.252 e. The summed E-state index contributed by atoms with van der Waals surface area (Å²) in [5.74, 6) is -0.192. The Morgan fingerprint density at radius 1 is 1.78 bits per heavy atom. The fraction of sp³-hybridized carbons (Fsp3) is 0.400. The van der Waals surface area contributed by atoms with Gasteiger partial charge in [-0.3, -0.25) is 10.0 Å². The first-order valence-electron chi connectivity index (χ1n) is 2.65. The van der Waals surface area contributed by atoms with Gasteiger partial charge in [-0.05, 0) is 4.74 Å². The summed E-state index contributed by atoms with van der Waals surface area (Å²) in [6, 6.07) is 0. The van der Waals surface area contributed by atoms with E-state index in [0.717, 1.165) is 4.74 Å². The molecule has 9 heavy (non-hydrogen) atoms. The van der Waals surface area contributed by atoms with E-state index in [1.54, 1.807) is 0 Å². The van der Waals surface area contributed by atoms with E-state index in [4.69, 9.17) is 5.21 Å². The van der Waals surface area contributed by atoms with E-state index in [-0.39, 0.29) is 12.3 Å². The van der Waals surface area contributed by atoms with Crippen LogP contribution in [0.4, 0.5) is 0 Å². The van der Waals surface area contributed by atoms with Gasteiger partial charge in [-0.15, -0.1) is 0 Å². The average molecular weight is 127 g/mol. The highest BCUT2D eigenvalue weighted by molar-refractivity contribution is 6.16. The van der Waals surface area contributed by atoms with Crippen molar-refractivity contribution < 1.29 is 14.7 Å². The molecule has 0 aromatic heterocycles. The summed E-state index contributed by atoms with van der Waals surface area (Å²) in [6.07, 6.45) is 2.92. The van der Waals surface area contributed by atoms with Gasteiger partial charge in [0.2, 0.25) is 12.8 Å². The van der Waals surface area contributed by atoms with Gasteiger partial charge in [0.15, 0.2) is 0 Å². The number of carbonyl (C=O) groups is 1. The van der Waals surface area contributed by atoms with Crippen LogP contribution in [-0.2, 0) is 4.79 Å². The largest absolute Gasteiger partial charge is 0.291 e. The van der Waals surface area contributed by atoms with Crippen molar-refractivity contribution in [1.82, 2.24) is 0 Å². The van der Waals surface area contributed by atoms with E-state index >= 15 is 0 Å². The average Bonchev–Trinajstić information content (AvgIpc) is 1.97. The minimum absolute atomic E-state index is 0.192. The van der Waals surface area contributed by atoms with Crippen molar-refractivity contribution in [2.24, 2.45) is 4.99 Å². The molecule has 1 N–H and O–H groups in total. The summed E-state index contributed by atoms with van der Waals surface area (Å²) in [4.78, 5) is 13.9. The van der Waals surface area contributed by atoms with Crippen molar-refractivity contribution >= 4 is 18.3 Å². The lowest BCUT2D eigenvalue weighted by Crippen LogP contribution is -2.09. The lowest BCUT2D eigenvalue weighted by atomic mass is 10.4. The predicted octanol–water partition coefficient (Wildman–Crippen LogP) is -0.540. The fourth-order valence-electron chi connectivity index (χ4n) is 0.543. The third-order valence-corrected chi connectivity index (χ3v) is 1.01. The van der Waals surface area contributed by atoms with Gasteiger partial charge in [0, 0.05) is 0 Å². The van der Waals surface area contributed by atoms with Gasteiger partial charge < -0.3 is 0 Å².